The fourth-order valence-electron chi connectivity index (χ4n) is 3.82. The van der Waals surface area contributed by atoms with Gasteiger partial charge in [-0.25, -0.2) is 10.1 Å². The van der Waals surface area contributed by atoms with Gasteiger partial charge in [0.1, 0.15) is 0 Å². The van der Waals surface area contributed by atoms with E-state index in [0.29, 0.717) is 0 Å². The van der Waals surface area contributed by atoms with Crippen LogP contribution in [0, 0.1) is 6.92 Å². The summed E-state index contributed by atoms with van der Waals surface area (Å²) in [4.78, 5) is 12.9. The number of aromatic nitrogens is 2. The number of carbonyl (C=O) groups excluding carboxylic acids is 1. The minimum atomic E-state index is -0.378. The SMILES string of the molecule is Cc1ccc(-n2nc(C(=O)N/N=C\c3ccc(Br)cc3)cc2-c2ccc(-c3ccccc3)cc2)cc1. The lowest BCUT2D eigenvalue weighted by atomic mass is 10.0. The van der Waals surface area contributed by atoms with Crippen LogP contribution in [0.4, 0.5) is 0 Å². The molecule has 0 atom stereocenters. The van der Waals surface area contributed by atoms with Gasteiger partial charge >= 0.3 is 0 Å². The molecule has 0 radical (unpaired) electrons. The van der Waals surface area contributed by atoms with E-state index in [4.69, 9.17) is 0 Å². The van der Waals surface area contributed by atoms with Crippen LogP contribution >= 0.6 is 15.9 Å². The number of rotatable bonds is 6. The van der Waals surface area contributed by atoms with Crippen LogP contribution in [0.15, 0.2) is 119 Å². The van der Waals surface area contributed by atoms with E-state index in [2.05, 4.69) is 68.0 Å². The zero-order chi connectivity index (χ0) is 24.9. The van der Waals surface area contributed by atoms with Crippen molar-refractivity contribution < 1.29 is 4.79 Å². The first-order valence-electron chi connectivity index (χ1n) is 11.5. The minimum absolute atomic E-state index is 0.283. The number of aryl methyl sites for hydroxylation is 1. The third kappa shape index (κ3) is 5.34. The van der Waals surface area contributed by atoms with Crippen molar-refractivity contribution in [2.24, 2.45) is 5.10 Å². The van der Waals surface area contributed by atoms with Crippen LogP contribution in [0.3, 0.4) is 0 Å². The van der Waals surface area contributed by atoms with Crippen LogP contribution in [0.5, 0.6) is 0 Å². The van der Waals surface area contributed by atoms with Gasteiger partial charge < -0.3 is 0 Å². The second-order valence-electron chi connectivity index (χ2n) is 8.36. The van der Waals surface area contributed by atoms with Gasteiger partial charge in [0.2, 0.25) is 0 Å². The molecular weight excluding hydrogens is 512 g/mol. The van der Waals surface area contributed by atoms with Gasteiger partial charge in [-0.3, -0.25) is 4.79 Å². The number of nitrogens with one attached hydrogen (secondary N) is 1. The van der Waals surface area contributed by atoms with Crippen LogP contribution in [-0.2, 0) is 0 Å². The van der Waals surface area contributed by atoms with Gasteiger partial charge in [0, 0.05) is 10.0 Å². The number of carbonyl (C=O) groups is 1. The minimum Gasteiger partial charge on any atom is -0.265 e. The van der Waals surface area contributed by atoms with Gasteiger partial charge in [-0.15, -0.1) is 0 Å². The van der Waals surface area contributed by atoms with Gasteiger partial charge in [-0.1, -0.05) is 100 Å². The van der Waals surface area contributed by atoms with Crippen molar-refractivity contribution in [3.8, 4) is 28.1 Å². The molecule has 4 aromatic carbocycles. The van der Waals surface area contributed by atoms with E-state index in [9.17, 15) is 4.79 Å². The highest BCUT2D eigenvalue weighted by molar-refractivity contribution is 9.10. The van der Waals surface area contributed by atoms with Gasteiger partial charge in [0.25, 0.3) is 5.91 Å². The number of hydrogen-bond acceptors (Lipinski definition) is 3. The van der Waals surface area contributed by atoms with E-state index >= 15 is 0 Å². The number of hydrazone groups is 1. The van der Waals surface area contributed by atoms with Crippen molar-refractivity contribution in [2.45, 2.75) is 6.92 Å². The largest absolute Gasteiger partial charge is 0.291 e. The van der Waals surface area contributed by atoms with Crippen LogP contribution in [0.1, 0.15) is 21.6 Å². The summed E-state index contributed by atoms with van der Waals surface area (Å²) >= 11 is 3.41. The highest BCUT2D eigenvalue weighted by Crippen LogP contribution is 2.27. The molecule has 176 valence electrons. The predicted molar refractivity (Wildman–Crippen MR) is 148 cm³/mol. The maximum atomic E-state index is 12.9. The van der Waals surface area contributed by atoms with Crippen LogP contribution in [0.2, 0.25) is 0 Å². The Bertz CT molecular complexity index is 1500. The zero-order valence-electron chi connectivity index (χ0n) is 19.6. The standard InChI is InChI=1S/C30H23BrN4O/c1-21-7-17-27(18-8-21)35-29(25-13-11-24(12-14-25)23-5-3-2-4-6-23)19-28(34-35)30(36)33-32-20-22-9-15-26(31)16-10-22/h2-20H,1H3,(H,33,36)/b32-20-. The normalized spacial score (nSPS) is 11.1. The molecule has 0 fully saturated rings. The summed E-state index contributed by atoms with van der Waals surface area (Å²) in [5.74, 6) is -0.378. The molecule has 0 spiro atoms. The first kappa shape index (κ1) is 23.5. The fourth-order valence-corrected chi connectivity index (χ4v) is 4.08. The highest BCUT2D eigenvalue weighted by atomic mass is 79.9. The number of amides is 1. The Morgan fingerprint density at radius 3 is 2.17 bits per heavy atom. The molecule has 0 aliphatic rings. The first-order chi connectivity index (χ1) is 17.6. The first-order valence-corrected chi connectivity index (χ1v) is 12.3. The average molecular weight is 535 g/mol. The maximum absolute atomic E-state index is 12.9. The molecule has 5 aromatic rings. The second-order valence-corrected chi connectivity index (χ2v) is 9.27. The Kier molecular flexibility index (Phi) is 6.87. The Balaban J connectivity index is 1.45. The summed E-state index contributed by atoms with van der Waals surface area (Å²) in [6.07, 6.45) is 1.60. The third-order valence-corrected chi connectivity index (χ3v) is 6.29. The monoisotopic (exact) mass is 534 g/mol. The Labute approximate surface area is 218 Å². The van der Waals surface area contributed by atoms with Crippen molar-refractivity contribution in [3.63, 3.8) is 0 Å². The average Bonchev–Trinajstić information content (AvgIpc) is 3.36. The van der Waals surface area contributed by atoms with E-state index in [1.54, 1.807) is 17.0 Å². The molecule has 36 heavy (non-hydrogen) atoms. The molecule has 0 unspecified atom stereocenters. The molecule has 6 heteroatoms. The van der Waals surface area contributed by atoms with E-state index in [-0.39, 0.29) is 11.6 Å². The quantitative estimate of drug-likeness (QED) is 0.187. The molecule has 1 aromatic heterocycles. The Morgan fingerprint density at radius 2 is 1.47 bits per heavy atom. The maximum Gasteiger partial charge on any atom is 0.291 e. The van der Waals surface area contributed by atoms with Crippen LogP contribution in [-0.4, -0.2) is 21.9 Å². The number of halogens is 1. The van der Waals surface area contributed by atoms with Gasteiger partial charge in [0.05, 0.1) is 17.6 Å². The molecule has 0 saturated heterocycles. The lowest BCUT2D eigenvalue weighted by Crippen LogP contribution is -2.18. The van der Waals surface area contributed by atoms with Crippen LogP contribution < -0.4 is 5.43 Å². The summed E-state index contributed by atoms with van der Waals surface area (Å²) in [5, 5.41) is 8.73. The van der Waals surface area contributed by atoms with Crippen molar-refractivity contribution in [3.05, 3.63) is 130 Å². The fraction of sp³-hybridized carbons (Fsp3) is 0.0333. The Morgan fingerprint density at radius 1 is 0.833 bits per heavy atom. The molecule has 5 nitrogen and oxygen atoms in total. The van der Waals surface area contributed by atoms with E-state index in [1.807, 2.05) is 73.7 Å². The van der Waals surface area contributed by atoms with Gasteiger partial charge in [-0.2, -0.15) is 10.2 Å². The predicted octanol–water partition coefficient (Wildman–Crippen LogP) is 7.04. The topological polar surface area (TPSA) is 59.3 Å². The van der Waals surface area contributed by atoms with E-state index < -0.39 is 0 Å². The Hall–Kier alpha value is -4.29. The molecule has 0 aliphatic carbocycles. The molecule has 0 saturated carbocycles. The van der Waals surface area contributed by atoms with E-state index in [1.165, 1.54) is 0 Å². The van der Waals surface area contributed by atoms with Crippen molar-refractivity contribution in [1.82, 2.24) is 15.2 Å². The van der Waals surface area contributed by atoms with Gasteiger partial charge in [-0.05, 0) is 53.9 Å². The zero-order valence-corrected chi connectivity index (χ0v) is 21.2. The summed E-state index contributed by atoms with van der Waals surface area (Å²) < 4.78 is 2.78. The molecule has 1 amide bonds. The van der Waals surface area contributed by atoms with Crippen molar-refractivity contribution >= 4 is 28.1 Å². The summed E-state index contributed by atoms with van der Waals surface area (Å²) in [6.45, 7) is 2.04. The lowest BCUT2D eigenvalue weighted by Gasteiger charge is -2.09. The van der Waals surface area contributed by atoms with Gasteiger partial charge in [0.15, 0.2) is 5.69 Å². The molecule has 0 aliphatic heterocycles. The molecule has 1 heterocycles. The number of nitrogens with zero attached hydrogens (tertiary/aromatic N) is 3. The third-order valence-electron chi connectivity index (χ3n) is 5.76. The lowest BCUT2D eigenvalue weighted by molar-refractivity contribution is 0.0949. The summed E-state index contributed by atoms with van der Waals surface area (Å²) in [5.41, 5.74) is 9.83. The summed E-state index contributed by atoms with van der Waals surface area (Å²) in [7, 11) is 0. The smallest absolute Gasteiger partial charge is 0.265 e. The second kappa shape index (κ2) is 10.5. The van der Waals surface area contributed by atoms with E-state index in [0.717, 1.165) is 43.7 Å². The number of benzene rings is 4. The van der Waals surface area contributed by atoms with Crippen molar-refractivity contribution in [2.75, 3.05) is 0 Å². The van der Waals surface area contributed by atoms with Crippen molar-refractivity contribution in [1.29, 1.82) is 0 Å². The molecular formula is C30H23BrN4O. The molecule has 0 bridgehead atoms. The van der Waals surface area contributed by atoms with Crippen LogP contribution in [0.25, 0.3) is 28.1 Å². The highest BCUT2D eigenvalue weighted by Gasteiger charge is 2.17. The summed E-state index contributed by atoms with van der Waals surface area (Å²) in [6, 6.07) is 36.0. The molecule has 1 N–H and O–H groups in total. The number of hydrogen-bond donors (Lipinski definition) is 1. The molecule has 5 rings (SSSR count).